The number of benzene rings is 1. The van der Waals surface area contributed by atoms with Crippen molar-refractivity contribution in [2.75, 3.05) is 6.54 Å². The van der Waals surface area contributed by atoms with Crippen molar-refractivity contribution in [3.05, 3.63) is 28.5 Å². The second-order valence-electron chi connectivity index (χ2n) is 5.57. The van der Waals surface area contributed by atoms with Gasteiger partial charge >= 0.3 is 0 Å². The summed E-state index contributed by atoms with van der Waals surface area (Å²) in [5.41, 5.74) is -0.177. The summed E-state index contributed by atoms with van der Waals surface area (Å²) in [6.07, 6.45) is 4.12. The van der Waals surface area contributed by atoms with Crippen molar-refractivity contribution in [3.8, 4) is 5.75 Å². The van der Waals surface area contributed by atoms with Crippen LogP contribution in [0.1, 0.15) is 39.5 Å². The molecule has 0 aliphatic heterocycles. The monoisotopic (exact) mass is 329 g/mol. The predicted molar refractivity (Wildman–Crippen MR) is 79.1 cm³/mol. The van der Waals surface area contributed by atoms with Crippen LogP contribution in [0.4, 0.5) is 4.39 Å². The van der Waals surface area contributed by atoms with Gasteiger partial charge < -0.3 is 10.1 Å². The van der Waals surface area contributed by atoms with Crippen molar-refractivity contribution in [2.24, 2.45) is 0 Å². The highest BCUT2D eigenvalue weighted by molar-refractivity contribution is 9.10. The van der Waals surface area contributed by atoms with E-state index < -0.39 is 0 Å². The van der Waals surface area contributed by atoms with E-state index in [4.69, 9.17) is 4.74 Å². The van der Waals surface area contributed by atoms with Crippen LogP contribution in [0.3, 0.4) is 0 Å². The van der Waals surface area contributed by atoms with Gasteiger partial charge in [-0.2, -0.15) is 0 Å². The van der Waals surface area contributed by atoms with Crippen molar-refractivity contribution in [1.29, 1.82) is 0 Å². The van der Waals surface area contributed by atoms with Crippen LogP contribution < -0.4 is 10.1 Å². The third kappa shape index (κ3) is 3.93. The zero-order valence-corrected chi connectivity index (χ0v) is 13.1. The second kappa shape index (κ2) is 6.23. The highest BCUT2D eigenvalue weighted by atomic mass is 79.9. The Kier molecular flexibility index (Phi) is 4.85. The van der Waals surface area contributed by atoms with Crippen molar-refractivity contribution >= 4 is 15.9 Å². The Balaban J connectivity index is 1.99. The lowest BCUT2D eigenvalue weighted by Crippen LogP contribution is -2.46. The van der Waals surface area contributed by atoms with Crippen LogP contribution >= 0.6 is 15.9 Å². The van der Waals surface area contributed by atoms with Gasteiger partial charge in [-0.05, 0) is 50.4 Å². The molecule has 1 N–H and O–H groups in total. The van der Waals surface area contributed by atoms with Crippen molar-refractivity contribution in [3.63, 3.8) is 0 Å². The summed E-state index contributed by atoms with van der Waals surface area (Å²) in [7, 11) is 0. The number of hydrogen-bond donors (Lipinski definition) is 1. The fourth-order valence-electron chi connectivity index (χ4n) is 2.35. The molecule has 0 aromatic heterocycles. The molecule has 4 heteroatoms. The third-order valence-corrected chi connectivity index (χ3v) is 4.11. The standard InChI is InChI=1S/C15H21BrFNO/c1-11(2)18-9-8-15(6-3-7-15)19-14-10-12(16)4-5-13(14)17/h4-5,10-11,18H,3,6-9H2,1-2H3. The molecule has 0 atom stereocenters. The number of rotatable bonds is 6. The van der Waals surface area contributed by atoms with Gasteiger partial charge in [0, 0.05) is 10.5 Å². The number of nitrogens with one attached hydrogen (secondary N) is 1. The Morgan fingerprint density at radius 1 is 1.42 bits per heavy atom. The van der Waals surface area contributed by atoms with Crippen LogP contribution in [0, 0.1) is 5.82 Å². The molecular formula is C15H21BrFNO. The Bertz CT molecular complexity index is 432. The molecule has 2 rings (SSSR count). The highest BCUT2D eigenvalue weighted by Gasteiger charge is 2.39. The second-order valence-corrected chi connectivity index (χ2v) is 6.49. The topological polar surface area (TPSA) is 21.3 Å². The minimum Gasteiger partial charge on any atom is -0.484 e. The molecule has 2 nitrogen and oxygen atoms in total. The lowest BCUT2D eigenvalue weighted by molar-refractivity contribution is -0.0175. The Labute approximate surface area is 122 Å². The molecule has 1 aliphatic carbocycles. The molecule has 1 aliphatic rings. The van der Waals surface area contributed by atoms with E-state index in [2.05, 4.69) is 35.1 Å². The van der Waals surface area contributed by atoms with Gasteiger partial charge in [0.15, 0.2) is 11.6 Å². The molecule has 0 unspecified atom stereocenters. The fraction of sp³-hybridized carbons (Fsp3) is 0.600. The highest BCUT2D eigenvalue weighted by Crippen LogP contribution is 2.40. The summed E-state index contributed by atoms with van der Waals surface area (Å²) in [4.78, 5) is 0. The van der Waals surface area contributed by atoms with E-state index in [1.165, 1.54) is 6.07 Å². The molecule has 1 saturated carbocycles. The summed E-state index contributed by atoms with van der Waals surface area (Å²) in [5, 5.41) is 3.40. The summed E-state index contributed by atoms with van der Waals surface area (Å²) in [6, 6.07) is 5.32. The molecule has 1 fully saturated rings. The van der Waals surface area contributed by atoms with Gasteiger partial charge in [-0.1, -0.05) is 29.8 Å². The average Bonchev–Trinajstić information content (AvgIpc) is 2.30. The van der Waals surface area contributed by atoms with E-state index in [-0.39, 0.29) is 11.4 Å². The quantitative estimate of drug-likeness (QED) is 0.841. The first-order chi connectivity index (χ1) is 9.01. The van der Waals surface area contributed by atoms with Gasteiger partial charge in [0.25, 0.3) is 0 Å². The number of ether oxygens (including phenoxy) is 1. The van der Waals surface area contributed by atoms with Crippen LogP contribution in [0.25, 0.3) is 0 Å². The first-order valence-corrected chi connectivity index (χ1v) is 7.67. The molecule has 0 amide bonds. The van der Waals surface area contributed by atoms with Crippen LogP contribution in [0.15, 0.2) is 22.7 Å². The maximum atomic E-state index is 13.7. The first-order valence-electron chi connectivity index (χ1n) is 6.88. The predicted octanol–water partition coefficient (Wildman–Crippen LogP) is 4.28. The van der Waals surface area contributed by atoms with Crippen LogP contribution in [-0.2, 0) is 0 Å². The van der Waals surface area contributed by atoms with Gasteiger partial charge in [0.05, 0.1) is 0 Å². The van der Waals surface area contributed by atoms with E-state index in [9.17, 15) is 4.39 Å². The van der Waals surface area contributed by atoms with Gasteiger partial charge in [-0.25, -0.2) is 4.39 Å². The minimum absolute atomic E-state index is 0.177. The molecular weight excluding hydrogens is 309 g/mol. The zero-order chi connectivity index (χ0) is 13.9. The van der Waals surface area contributed by atoms with Gasteiger partial charge in [-0.15, -0.1) is 0 Å². The van der Waals surface area contributed by atoms with E-state index in [0.29, 0.717) is 11.8 Å². The lowest BCUT2D eigenvalue weighted by atomic mass is 9.77. The molecule has 106 valence electrons. The first kappa shape index (κ1) is 14.8. The molecule has 0 spiro atoms. The largest absolute Gasteiger partial charge is 0.484 e. The van der Waals surface area contributed by atoms with E-state index in [1.807, 2.05) is 0 Å². The van der Waals surface area contributed by atoms with Crippen molar-refractivity contribution in [1.82, 2.24) is 5.32 Å². The molecule has 0 radical (unpaired) electrons. The summed E-state index contributed by atoms with van der Waals surface area (Å²) < 4.78 is 20.6. The SMILES string of the molecule is CC(C)NCCC1(Oc2cc(Br)ccc2F)CCC1. The Morgan fingerprint density at radius 3 is 2.74 bits per heavy atom. The molecule has 0 saturated heterocycles. The maximum Gasteiger partial charge on any atom is 0.165 e. The van der Waals surface area contributed by atoms with Crippen molar-refractivity contribution in [2.45, 2.75) is 51.2 Å². The third-order valence-electron chi connectivity index (χ3n) is 3.62. The van der Waals surface area contributed by atoms with Crippen LogP contribution in [-0.4, -0.2) is 18.2 Å². The van der Waals surface area contributed by atoms with Crippen LogP contribution in [0.5, 0.6) is 5.75 Å². The molecule has 0 heterocycles. The normalized spacial score (nSPS) is 17.3. The lowest BCUT2D eigenvalue weighted by Gasteiger charge is -2.42. The molecule has 1 aromatic carbocycles. The summed E-state index contributed by atoms with van der Waals surface area (Å²) in [6.45, 7) is 5.16. The van der Waals surface area contributed by atoms with E-state index in [0.717, 1.165) is 36.7 Å². The van der Waals surface area contributed by atoms with E-state index in [1.54, 1.807) is 12.1 Å². The minimum atomic E-state index is -0.286. The fourth-order valence-corrected chi connectivity index (χ4v) is 2.69. The maximum absolute atomic E-state index is 13.7. The summed E-state index contributed by atoms with van der Waals surface area (Å²) in [5.74, 6) is 0.0740. The van der Waals surface area contributed by atoms with E-state index >= 15 is 0 Å². The molecule has 0 bridgehead atoms. The zero-order valence-electron chi connectivity index (χ0n) is 11.5. The number of hydrogen-bond acceptors (Lipinski definition) is 2. The van der Waals surface area contributed by atoms with Crippen molar-refractivity contribution < 1.29 is 9.13 Å². The summed E-state index contributed by atoms with van der Waals surface area (Å²) >= 11 is 3.36. The van der Waals surface area contributed by atoms with Crippen LogP contribution in [0.2, 0.25) is 0 Å². The van der Waals surface area contributed by atoms with Gasteiger partial charge in [-0.3, -0.25) is 0 Å². The Morgan fingerprint density at radius 2 is 2.16 bits per heavy atom. The Hall–Kier alpha value is -0.610. The molecule has 19 heavy (non-hydrogen) atoms. The molecule has 1 aromatic rings. The average molecular weight is 330 g/mol. The smallest absolute Gasteiger partial charge is 0.165 e. The van der Waals surface area contributed by atoms with Gasteiger partial charge in [0.1, 0.15) is 5.60 Å². The number of halogens is 2. The van der Waals surface area contributed by atoms with Gasteiger partial charge in [0.2, 0.25) is 0 Å².